The van der Waals surface area contributed by atoms with Gasteiger partial charge in [0.25, 0.3) is 0 Å². The van der Waals surface area contributed by atoms with Crippen molar-refractivity contribution >= 4 is 51.4 Å². The number of hydrogen-bond donors (Lipinski definition) is 1. The first-order valence-electron chi connectivity index (χ1n) is 9.28. The van der Waals surface area contributed by atoms with Gasteiger partial charge in [-0.05, 0) is 50.2 Å². The van der Waals surface area contributed by atoms with Crippen molar-refractivity contribution in [2.24, 2.45) is 0 Å². The molecule has 2 aromatic rings. The van der Waals surface area contributed by atoms with Crippen LogP contribution < -0.4 is 9.64 Å². The van der Waals surface area contributed by atoms with Gasteiger partial charge in [-0.3, -0.25) is 14.7 Å². The molecule has 0 bridgehead atoms. The summed E-state index contributed by atoms with van der Waals surface area (Å²) in [5, 5.41) is 9.13. The van der Waals surface area contributed by atoms with Crippen LogP contribution in [0.15, 0.2) is 48.8 Å². The number of piperazine rings is 1. The molecule has 1 saturated heterocycles. The minimum atomic E-state index is -1.32. The van der Waals surface area contributed by atoms with E-state index in [2.05, 4.69) is 14.8 Å². The van der Waals surface area contributed by atoms with Crippen molar-refractivity contribution in [1.29, 1.82) is 0 Å². The number of carbonyl (C=O) groups is 2. The van der Waals surface area contributed by atoms with Crippen LogP contribution in [0.1, 0.15) is 24.2 Å². The zero-order valence-electron chi connectivity index (χ0n) is 17.0. The standard InChI is InChI=1S/C21H25N3O4.2BrH/c1-21(2,20(26)27)28-18-5-3-16(4-6-18)19(25)15-23-11-13-24(14-12-23)17-7-9-22-10-8-17;;/h3-10H,11-15H2,1-2H3,(H,26,27);2*1H. The smallest absolute Gasteiger partial charge is 0.347 e. The van der Waals surface area contributed by atoms with Gasteiger partial charge in [-0.25, -0.2) is 4.79 Å². The number of ketones is 1. The Morgan fingerprint density at radius 3 is 2.10 bits per heavy atom. The van der Waals surface area contributed by atoms with Crippen LogP contribution >= 0.6 is 34.0 Å². The number of halogens is 2. The Balaban J connectivity index is 0.00000225. The zero-order chi connectivity index (χ0) is 20.1. The van der Waals surface area contributed by atoms with Gasteiger partial charge in [-0.2, -0.15) is 0 Å². The van der Waals surface area contributed by atoms with Crippen LogP contribution in [0, 0.1) is 0 Å². The van der Waals surface area contributed by atoms with Crippen LogP contribution in [-0.2, 0) is 4.79 Å². The van der Waals surface area contributed by atoms with E-state index in [1.165, 1.54) is 13.8 Å². The number of aliphatic carboxylic acids is 1. The van der Waals surface area contributed by atoms with Crippen LogP contribution in [0.2, 0.25) is 0 Å². The third-order valence-corrected chi connectivity index (χ3v) is 4.83. The first kappa shape index (κ1) is 26.1. The summed E-state index contributed by atoms with van der Waals surface area (Å²) in [7, 11) is 0. The van der Waals surface area contributed by atoms with Gasteiger partial charge >= 0.3 is 5.97 Å². The average Bonchev–Trinajstić information content (AvgIpc) is 2.69. The molecule has 2 heterocycles. The number of ether oxygens (including phenoxy) is 1. The molecule has 1 aliphatic heterocycles. The molecule has 1 aromatic heterocycles. The number of nitrogens with zero attached hydrogens (tertiary/aromatic N) is 3. The summed E-state index contributed by atoms with van der Waals surface area (Å²) < 4.78 is 5.47. The van der Waals surface area contributed by atoms with Crippen molar-refractivity contribution in [3.63, 3.8) is 0 Å². The first-order valence-corrected chi connectivity index (χ1v) is 9.28. The van der Waals surface area contributed by atoms with Crippen molar-refractivity contribution in [3.05, 3.63) is 54.4 Å². The number of Topliss-reactive ketones (excluding diaryl/α,β-unsaturated/α-hetero) is 1. The largest absolute Gasteiger partial charge is 0.478 e. The lowest BCUT2D eigenvalue weighted by Crippen LogP contribution is -2.48. The number of anilines is 1. The molecule has 0 radical (unpaired) electrons. The first-order chi connectivity index (χ1) is 13.3. The Kier molecular flexibility index (Phi) is 9.93. The summed E-state index contributed by atoms with van der Waals surface area (Å²) in [6.07, 6.45) is 3.58. The van der Waals surface area contributed by atoms with Crippen LogP contribution in [0.3, 0.4) is 0 Å². The zero-order valence-corrected chi connectivity index (χ0v) is 20.4. The Morgan fingerprint density at radius 2 is 1.57 bits per heavy atom. The lowest BCUT2D eigenvalue weighted by atomic mass is 10.1. The van der Waals surface area contributed by atoms with E-state index in [9.17, 15) is 9.59 Å². The predicted octanol–water partition coefficient (Wildman–Crippen LogP) is 3.48. The highest BCUT2D eigenvalue weighted by Crippen LogP contribution is 2.20. The third kappa shape index (κ3) is 6.78. The van der Waals surface area contributed by atoms with Crippen LogP contribution in [-0.4, -0.2) is 65.1 Å². The van der Waals surface area contributed by atoms with E-state index < -0.39 is 11.6 Å². The van der Waals surface area contributed by atoms with Crippen LogP contribution in [0.5, 0.6) is 5.75 Å². The van der Waals surface area contributed by atoms with Crippen molar-refractivity contribution < 1.29 is 19.4 Å². The number of aromatic nitrogens is 1. The second kappa shape index (κ2) is 11.4. The molecule has 0 aliphatic carbocycles. The lowest BCUT2D eigenvalue weighted by Gasteiger charge is -2.35. The highest BCUT2D eigenvalue weighted by atomic mass is 79.9. The van der Waals surface area contributed by atoms with Crippen molar-refractivity contribution in [1.82, 2.24) is 9.88 Å². The Labute approximate surface area is 197 Å². The highest BCUT2D eigenvalue weighted by Gasteiger charge is 2.29. The fourth-order valence-corrected chi connectivity index (χ4v) is 3.06. The summed E-state index contributed by atoms with van der Waals surface area (Å²) in [6, 6.07) is 10.6. The maximum absolute atomic E-state index is 12.6. The van der Waals surface area contributed by atoms with E-state index in [1.54, 1.807) is 36.7 Å². The highest BCUT2D eigenvalue weighted by molar-refractivity contribution is 8.93. The molecule has 164 valence electrons. The van der Waals surface area contributed by atoms with Crippen LogP contribution in [0.4, 0.5) is 5.69 Å². The van der Waals surface area contributed by atoms with E-state index >= 15 is 0 Å². The van der Waals surface area contributed by atoms with Gasteiger partial charge in [0, 0.05) is 49.8 Å². The van der Waals surface area contributed by atoms with Crippen molar-refractivity contribution in [2.75, 3.05) is 37.6 Å². The number of rotatable bonds is 7. The normalized spacial score (nSPS) is 14.3. The van der Waals surface area contributed by atoms with Gasteiger partial charge in [0.15, 0.2) is 11.4 Å². The van der Waals surface area contributed by atoms with Gasteiger partial charge in [-0.15, -0.1) is 34.0 Å². The second-order valence-corrected chi connectivity index (χ2v) is 7.33. The average molecular weight is 545 g/mol. The van der Waals surface area contributed by atoms with E-state index in [-0.39, 0.29) is 39.7 Å². The van der Waals surface area contributed by atoms with Gasteiger partial charge in [-0.1, -0.05) is 0 Å². The molecule has 0 atom stereocenters. The minimum absolute atomic E-state index is 0. The molecule has 0 amide bonds. The number of carboxylic acids is 1. The predicted molar refractivity (Wildman–Crippen MR) is 127 cm³/mol. The van der Waals surface area contributed by atoms with Crippen molar-refractivity contribution in [2.45, 2.75) is 19.4 Å². The summed E-state index contributed by atoms with van der Waals surface area (Å²) in [5.41, 5.74) is 0.429. The van der Waals surface area contributed by atoms with Gasteiger partial charge < -0.3 is 14.7 Å². The maximum atomic E-state index is 12.6. The lowest BCUT2D eigenvalue weighted by molar-refractivity contribution is -0.152. The summed E-state index contributed by atoms with van der Waals surface area (Å²) >= 11 is 0. The SMILES string of the molecule is Br.Br.CC(C)(Oc1ccc(C(=O)CN2CCN(c3ccncc3)CC2)cc1)C(=O)O. The van der Waals surface area contributed by atoms with E-state index in [4.69, 9.17) is 9.84 Å². The third-order valence-electron chi connectivity index (χ3n) is 4.83. The molecule has 1 aromatic carbocycles. The fourth-order valence-electron chi connectivity index (χ4n) is 3.06. The van der Waals surface area contributed by atoms with Gasteiger partial charge in [0.05, 0.1) is 6.54 Å². The Bertz CT molecular complexity index is 824. The van der Waals surface area contributed by atoms with Gasteiger partial charge in [0.2, 0.25) is 0 Å². The number of carboxylic acid groups (broad SMARTS) is 1. The van der Waals surface area contributed by atoms with Crippen molar-refractivity contribution in [3.8, 4) is 5.75 Å². The maximum Gasteiger partial charge on any atom is 0.347 e. The summed E-state index contributed by atoms with van der Waals surface area (Å²) in [5.74, 6) is -0.574. The molecule has 30 heavy (non-hydrogen) atoms. The minimum Gasteiger partial charge on any atom is -0.478 e. The van der Waals surface area contributed by atoms with Crippen LogP contribution in [0.25, 0.3) is 0 Å². The summed E-state index contributed by atoms with van der Waals surface area (Å²) in [4.78, 5) is 32.2. The van der Waals surface area contributed by atoms with E-state index in [0.29, 0.717) is 17.9 Å². The molecular weight excluding hydrogens is 518 g/mol. The monoisotopic (exact) mass is 543 g/mol. The summed E-state index contributed by atoms with van der Waals surface area (Å²) in [6.45, 7) is 6.72. The number of pyridine rings is 1. The molecule has 0 spiro atoms. The Morgan fingerprint density at radius 1 is 1.00 bits per heavy atom. The molecule has 7 nitrogen and oxygen atoms in total. The molecular formula is C21H27Br2N3O4. The molecule has 0 unspecified atom stereocenters. The van der Waals surface area contributed by atoms with Gasteiger partial charge in [0.1, 0.15) is 5.75 Å². The second-order valence-electron chi connectivity index (χ2n) is 7.33. The molecule has 3 rings (SSSR count). The number of hydrogen-bond acceptors (Lipinski definition) is 6. The van der Waals surface area contributed by atoms with E-state index in [0.717, 1.165) is 31.9 Å². The molecule has 1 aliphatic rings. The number of benzene rings is 1. The molecule has 1 N–H and O–H groups in total. The topological polar surface area (TPSA) is 83.0 Å². The molecule has 9 heteroatoms. The molecule has 0 saturated carbocycles. The quantitative estimate of drug-likeness (QED) is 0.534. The fraction of sp³-hybridized carbons (Fsp3) is 0.381. The number of carbonyl (C=O) groups excluding carboxylic acids is 1. The Hall–Kier alpha value is -1.97. The van der Waals surface area contributed by atoms with E-state index in [1.807, 2.05) is 12.1 Å². The molecule has 1 fully saturated rings.